The van der Waals surface area contributed by atoms with Crippen LogP contribution in [0.25, 0.3) is 0 Å². The van der Waals surface area contributed by atoms with E-state index in [2.05, 4.69) is 5.32 Å². The molecule has 0 aromatic heterocycles. The molecule has 0 radical (unpaired) electrons. The fourth-order valence-corrected chi connectivity index (χ4v) is 2.28. The van der Waals surface area contributed by atoms with Crippen molar-refractivity contribution in [2.24, 2.45) is 0 Å². The number of aryl methyl sites for hydroxylation is 1. The molecule has 4 nitrogen and oxygen atoms in total. The minimum Gasteiger partial charge on any atom is -0.397 e. The van der Waals surface area contributed by atoms with Gasteiger partial charge in [-0.15, -0.1) is 0 Å². The lowest BCUT2D eigenvalue weighted by atomic mass is 10.2. The predicted molar refractivity (Wildman–Crippen MR) is 74.5 cm³/mol. The van der Waals surface area contributed by atoms with Crippen LogP contribution in [-0.2, 0) is 4.79 Å². The first-order chi connectivity index (χ1) is 9.08. The summed E-state index contributed by atoms with van der Waals surface area (Å²) >= 11 is 0. The zero-order valence-electron chi connectivity index (χ0n) is 11.2. The first-order valence-electron chi connectivity index (χ1n) is 6.65. The van der Waals surface area contributed by atoms with E-state index in [1.165, 1.54) is 6.07 Å². The SMILES string of the molecule is Cc1cc(NCCC(=O)N2CCCC2)c(N)cc1F. The lowest BCUT2D eigenvalue weighted by Crippen LogP contribution is -2.29. The quantitative estimate of drug-likeness (QED) is 0.820. The summed E-state index contributed by atoms with van der Waals surface area (Å²) in [5.41, 5.74) is 7.34. The Bertz CT molecular complexity index is 470. The molecular weight excluding hydrogens is 245 g/mol. The zero-order valence-corrected chi connectivity index (χ0v) is 11.2. The van der Waals surface area contributed by atoms with Crippen LogP contribution in [0.3, 0.4) is 0 Å². The highest BCUT2D eigenvalue weighted by atomic mass is 19.1. The van der Waals surface area contributed by atoms with Gasteiger partial charge in [-0.2, -0.15) is 0 Å². The van der Waals surface area contributed by atoms with Crippen LogP contribution in [0, 0.1) is 12.7 Å². The maximum atomic E-state index is 13.2. The third kappa shape index (κ3) is 3.36. The molecular formula is C14H20FN3O. The van der Waals surface area contributed by atoms with E-state index in [-0.39, 0.29) is 11.7 Å². The summed E-state index contributed by atoms with van der Waals surface area (Å²) in [6.07, 6.45) is 2.64. The second-order valence-corrected chi connectivity index (χ2v) is 4.95. The van der Waals surface area contributed by atoms with Gasteiger partial charge < -0.3 is 16.0 Å². The van der Waals surface area contributed by atoms with Gasteiger partial charge in [0.15, 0.2) is 0 Å². The van der Waals surface area contributed by atoms with Crippen molar-refractivity contribution in [1.82, 2.24) is 4.90 Å². The van der Waals surface area contributed by atoms with Gasteiger partial charge in [0.2, 0.25) is 5.91 Å². The Morgan fingerprint density at radius 3 is 2.79 bits per heavy atom. The van der Waals surface area contributed by atoms with Gasteiger partial charge in [0, 0.05) is 26.1 Å². The Labute approximate surface area is 112 Å². The van der Waals surface area contributed by atoms with Crippen molar-refractivity contribution < 1.29 is 9.18 Å². The number of benzene rings is 1. The van der Waals surface area contributed by atoms with Crippen LogP contribution in [0.2, 0.25) is 0 Å². The Morgan fingerprint density at radius 1 is 1.42 bits per heavy atom. The number of anilines is 2. The molecule has 2 rings (SSSR count). The van der Waals surface area contributed by atoms with Crippen LogP contribution in [0.15, 0.2) is 12.1 Å². The molecule has 0 aliphatic carbocycles. The number of carbonyl (C=O) groups is 1. The molecule has 0 spiro atoms. The van der Waals surface area contributed by atoms with Crippen molar-refractivity contribution in [3.63, 3.8) is 0 Å². The standard InChI is InChI=1S/C14H20FN3O/c1-10-8-13(12(16)9-11(10)15)17-5-4-14(19)18-6-2-3-7-18/h8-9,17H,2-7,16H2,1H3. The Kier molecular flexibility index (Phi) is 4.24. The molecule has 1 aliphatic rings. The highest BCUT2D eigenvalue weighted by molar-refractivity contribution is 5.77. The number of nitrogens with zero attached hydrogens (tertiary/aromatic N) is 1. The molecule has 0 atom stereocenters. The average molecular weight is 265 g/mol. The third-order valence-corrected chi connectivity index (χ3v) is 3.44. The molecule has 1 aliphatic heterocycles. The van der Waals surface area contributed by atoms with Crippen LogP contribution in [-0.4, -0.2) is 30.4 Å². The molecule has 0 saturated carbocycles. The van der Waals surface area contributed by atoms with Crippen molar-refractivity contribution >= 4 is 17.3 Å². The number of carbonyl (C=O) groups excluding carboxylic acids is 1. The van der Waals surface area contributed by atoms with Gasteiger partial charge in [0.25, 0.3) is 0 Å². The Balaban J connectivity index is 1.85. The number of hydrogen-bond donors (Lipinski definition) is 2. The lowest BCUT2D eigenvalue weighted by molar-refractivity contribution is -0.129. The second-order valence-electron chi connectivity index (χ2n) is 4.95. The Hall–Kier alpha value is -1.78. The van der Waals surface area contributed by atoms with Crippen molar-refractivity contribution in [3.8, 4) is 0 Å². The monoisotopic (exact) mass is 265 g/mol. The summed E-state index contributed by atoms with van der Waals surface area (Å²) in [4.78, 5) is 13.7. The third-order valence-electron chi connectivity index (χ3n) is 3.44. The average Bonchev–Trinajstić information content (AvgIpc) is 2.89. The molecule has 1 saturated heterocycles. The maximum absolute atomic E-state index is 13.2. The topological polar surface area (TPSA) is 58.4 Å². The van der Waals surface area contributed by atoms with Gasteiger partial charge in [-0.1, -0.05) is 0 Å². The van der Waals surface area contributed by atoms with Crippen molar-refractivity contribution in [2.75, 3.05) is 30.7 Å². The molecule has 1 aromatic carbocycles. The normalized spacial score (nSPS) is 14.7. The van der Waals surface area contributed by atoms with E-state index in [9.17, 15) is 9.18 Å². The van der Waals surface area contributed by atoms with E-state index in [0.29, 0.717) is 29.9 Å². The summed E-state index contributed by atoms with van der Waals surface area (Å²) in [6, 6.07) is 2.98. The fraction of sp³-hybridized carbons (Fsp3) is 0.500. The van der Waals surface area contributed by atoms with E-state index in [4.69, 9.17) is 5.73 Å². The molecule has 0 bridgehead atoms. The smallest absolute Gasteiger partial charge is 0.224 e. The summed E-state index contributed by atoms with van der Waals surface area (Å²) in [5.74, 6) is -0.140. The summed E-state index contributed by atoms with van der Waals surface area (Å²) in [5, 5.41) is 3.10. The molecule has 19 heavy (non-hydrogen) atoms. The molecule has 1 aromatic rings. The van der Waals surface area contributed by atoms with Gasteiger partial charge in [-0.05, 0) is 37.5 Å². The van der Waals surface area contributed by atoms with E-state index in [1.807, 2.05) is 4.90 Å². The number of nitrogens with one attached hydrogen (secondary N) is 1. The van der Waals surface area contributed by atoms with Crippen molar-refractivity contribution in [2.45, 2.75) is 26.2 Å². The van der Waals surface area contributed by atoms with E-state index in [1.54, 1.807) is 13.0 Å². The summed E-state index contributed by atoms with van der Waals surface area (Å²) in [6.45, 7) is 3.95. The number of rotatable bonds is 4. The molecule has 5 heteroatoms. The van der Waals surface area contributed by atoms with E-state index < -0.39 is 0 Å². The molecule has 1 amide bonds. The number of likely N-dealkylation sites (tertiary alicyclic amines) is 1. The van der Waals surface area contributed by atoms with E-state index in [0.717, 1.165) is 25.9 Å². The largest absolute Gasteiger partial charge is 0.397 e. The molecule has 0 unspecified atom stereocenters. The minimum absolute atomic E-state index is 0.169. The van der Waals surface area contributed by atoms with Gasteiger partial charge in [0.05, 0.1) is 11.4 Å². The van der Waals surface area contributed by atoms with Crippen LogP contribution in [0.1, 0.15) is 24.8 Å². The highest BCUT2D eigenvalue weighted by Gasteiger charge is 2.17. The number of nitrogens with two attached hydrogens (primary N) is 1. The van der Waals surface area contributed by atoms with Crippen LogP contribution >= 0.6 is 0 Å². The lowest BCUT2D eigenvalue weighted by Gasteiger charge is -2.16. The number of hydrogen-bond acceptors (Lipinski definition) is 3. The first-order valence-corrected chi connectivity index (χ1v) is 6.65. The van der Waals surface area contributed by atoms with Gasteiger partial charge in [-0.3, -0.25) is 4.79 Å². The highest BCUT2D eigenvalue weighted by Crippen LogP contribution is 2.22. The minimum atomic E-state index is -0.309. The summed E-state index contributed by atoms with van der Waals surface area (Å²) < 4.78 is 13.2. The molecule has 1 fully saturated rings. The Morgan fingerprint density at radius 2 is 2.11 bits per heavy atom. The van der Waals surface area contributed by atoms with E-state index >= 15 is 0 Å². The molecule has 1 heterocycles. The van der Waals surface area contributed by atoms with Crippen LogP contribution in [0.4, 0.5) is 15.8 Å². The van der Waals surface area contributed by atoms with Gasteiger partial charge in [-0.25, -0.2) is 4.39 Å². The molecule has 3 N–H and O–H groups in total. The second kappa shape index (κ2) is 5.91. The van der Waals surface area contributed by atoms with Crippen LogP contribution in [0.5, 0.6) is 0 Å². The predicted octanol–water partition coefficient (Wildman–Crippen LogP) is 2.14. The van der Waals surface area contributed by atoms with Gasteiger partial charge >= 0.3 is 0 Å². The van der Waals surface area contributed by atoms with Crippen molar-refractivity contribution in [3.05, 3.63) is 23.5 Å². The fourth-order valence-electron chi connectivity index (χ4n) is 2.28. The number of halogens is 1. The zero-order chi connectivity index (χ0) is 13.8. The maximum Gasteiger partial charge on any atom is 0.224 e. The number of amides is 1. The summed E-state index contributed by atoms with van der Waals surface area (Å²) in [7, 11) is 0. The number of nitrogen functional groups attached to an aromatic ring is 1. The van der Waals surface area contributed by atoms with Crippen molar-refractivity contribution in [1.29, 1.82) is 0 Å². The van der Waals surface area contributed by atoms with Crippen LogP contribution < -0.4 is 11.1 Å². The first kappa shape index (κ1) is 13.6. The van der Waals surface area contributed by atoms with Gasteiger partial charge in [0.1, 0.15) is 5.82 Å². The molecule has 104 valence electrons.